The summed E-state index contributed by atoms with van der Waals surface area (Å²) >= 11 is 3.34. The van der Waals surface area contributed by atoms with E-state index in [2.05, 4.69) is 43.1 Å². The van der Waals surface area contributed by atoms with E-state index < -0.39 is 6.04 Å². The minimum Gasteiger partial charge on any atom is -0.497 e. The topological polar surface area (TPSA) is 119 Å². The third kappa shape index (κ3) is 4.99. The van der Waals surface area contributed by atoms with Crippen molar-refractivity contribution in [3.8, 4) is 16.9 Å². The van der Waals surface area contributed by atoms with Gasteiger partial charge in [0, 0.05) is 58.8 Å². The number of methoxy groups -OCH3 is 1. The Balaban J connectivity index is 1.28. The molecule has 1 aliphatic heterocycles. The van der Waals surface area contributed by atoms with Crippen molar-refractivity contribution in [2.75, 3.05) is 12.4 Å². The maximum absolute atomic E-state index is 13.8. The number of pyridine rings is 1. The molecule has 6 rings (SSSR count). The molecule has 1 saturated carbocycles. The van der Waals surface area contributed by atoms with E-state index in [-0.39, 0.29) is 35.6 Å². The number of carbonyl (C=O) groups is 3. The number of anilines is 1. The molecule has 1 aromatic carbocycles. The van der Waals surface area contributed by atoms with Gasteiger partial charge < -0.3 is 19.5 Å². The molecule has 0 spiro atoms. The van der Waals surface area contributed by atoms with E-state index in [9.17, 15) is 14.4 Å². The summed E-state index contributed by atoms with van der Waals surface area (Å²) in [6, 6.07) is 8.49. The second-order valence-electron chi connectivity index (χ2n) is 11.1. The van der Waals surface area contributed by atoms with Crippen molar-refractivity contribution in [1.82, 2.24) is 24.4 Å². The number of aryl methyl sites for hydroxylation is 1. The molecule has 1 aliphatic carbocycles. The number of carbonyl (C=O) groups excluding carboxylic acids is 3. The zero-order valence-electron chi connectivity index (χ0n) is 23.1. The molecule has 1 unspecified atom stereocenters. The molecule has 2 aliphatic rings. The number of Topliss-reactive ketones (excluding diaryl/α,β-unsaturated/α-hetero) is 1. The molecule has 1 N–H and O–H groups in total. The second-order valence-corrected chi connectivity index (χ2v) is 11.9. The lowest BCUT2D eigenvalue weighted by molar-refractivity contribution is -0.138. The number of rotatable bonds is 7. The highest BCUT2D eigenvalue weighted by Crippen LogP contribution is 2.59. The Kier molecular flexibility index (Phi) is 6.64. The fourth-order valence-electron chi connectivity index (χ4n) is 5.88. The van der Waals surface area contributed by atoms with Crippen molar-refractivity contribution < 1.29 is 19.1 Å². The highest BCUT2D eigenvalue weighted by atomic mass is 79.9. The van der Waals surface area contributed by atoms with Crippen LogP contribution in [0, 0.1) is 12.3 Å². The summed E-state index contributed by atoms with van der Waals surface area (Å²) in [5.74, 6) is 1.03. The van der Waals surface area contributed by atoms with Crippen molar-refractivity contribution in [2.24, 2.45) is 5.41 Å². The predicted molar refractivity (Wildman–Crippen MR) is 157 cm³/mol. The summed E-state index contributed by atoms with van der Waals surface area (Å²) < 4.78 is 7.61. The molecule has 4 heterocycles. The van der Waals surface area contributed by atoms with Crippen LogP contribution in [0.5, 0.6) is 5.75 Å². The number of benzene rings is 1. The zero-order valence-corrected chi connectivity index (χ0v) is 24.7. The molecule has 3 aromatic heterocycles. The number of fused-ring (bicyclic) bond motifs is 2. The van der Waals surface area contributed by atoms with Gasteiger partial charge in [0.15, 0.2) is 5.78 Å². The smallest absolute Gasteiger partial charge is 0.248 e. The Labute approximate surface area is 245 Å². The van der Waals surface area contributed by atoms with E-state index in [1.54, 1.807) is 47.3 Å². The quantitative estimate of drug-likeness (QED) is 0.234. The van der Waals surface area contributed by atoms with Crippen LogP contribution < -0.4 is 10.1 Å². The highest BCUT2D eigenvalue weighted by Gasteiger charge is 2.64. The second kappa shape index (κ2) is 10.1. The van der Waals surface area contributed by atoms with Crippen molar-refractivity contribution >= 4 is 50.2 Å². The van der Waals surface area contributed by atoms with Gasteiger partial charge in [-0.25, -0.2) is 15.0 Å². The average Bonchev–Trinajstić information content (AvgIpc) is 3.30. The standard InChI is InChI=1S/C30H29BrN6O4/c1-16(38)22-14-36(23-6-5-18(7-21(22)23)19-12-32-17(2)33-13-19)15-28(39)37-24(10-30(3)11-25(30)37)29(40)35-27-9-20(41-4)8-26(31)34-27/h5-9,12-14,24-25H,10-11,15H2,1-4H3,(H,34,35,40)/t24-,25?,30-/m0/s1. The number of hydrogen-bond donors (Lipinski definition) is 1. The largest absolute Gasteiger partial charge is 0.497 e. The van der Waals surface area contributed by atoms with E-state index in [0.717, 1.165) is 28.5 Å². The molecular weight excluding hydrogens is 588 g/mol. The number of halogens is 1. The van der Waals surface area contributed by atoms with Gasteiger partial charge in [0.05, 0.1) is 7.11 Å². The predicted octanol–water partition coefficient (Wildman–Crippen LogP) is 4.79. The van der Waals surface area contributed by atoms with Gasteiger partial charge >= 0.3 is 0 Å². The Hall–Kier alpha value is -4.12. The molecule has 210 valence electrons. The molecular formula is C30H29BrN6O4. The lowest BCUT2D eigenvalue weighted by atomic mass is 10.0. The number of hydrogen-bond acceptors (Lipinski definition) is 7. The SMILES string of the molecule is COc1cc(Br)nc(NC(=O)[C@@H]2C[C@@]3(C)CC3N2C(=O)Cn2cc(C(C)=O)c3cc(-c4cnc(C)nc4)ccc32)c1. The van der Waals surface area contributed by atoms with Gasteiger partial charge in [0.2, 0.25) is 11.8 Å². The molecule has 4 aromatic rings. The highest BCUT2D eigenvalue weighted by molar-refractivity contribution is 9.10. The molecule has 0 radical (unpaired) electrons. The molecule has 11 heteroatoms. The van der Waals surface area contributed by atoms with E-state index >= 15 is 0 Å². The van der Waals surface area contributed by atoms with Crippen molar-refractivity contribution in [3.63, 3.8) is 0 Å². The first-order valence-corrected chi connectivity index (χ1v) is 14.1. The monoisotopic (exact) mass is 616 g/mol. The summed E-state index contributed by atoms with van der Waals surface area (Å²) in [5.41, 5.74) is 2.93. The minimum atomic E-state index is -0.625. The number of amides is 2. The lowest BCUT2D eigenvalue weighted by Gasteiger charge is -2.27. The fourth-order valence-corrected chi connectivity index (χ4v) is 6.30. The Bertz CT molecular complexity index is 1720. The summed E-state index contributed by atoms with van der Waals surface area (Å²) in [5, 5.41) is 3.62. The number of ketones is 1. The number of likely N-dealkylation sites (tertiary alicyclic amines) is 1. The van der Waals surface area contributed by atoms with E-state index in [0.29, 0.717) is 34.0 Å². The normalized spacial score (nSPS) is 21.0. The van der Waals surface area contributed by atoms with Gasteiger partial charge in [0.1, 0.15) is 34.6 Å². The Morgan fingerprint density at radius 2 is 1.88 bits per heavy atom. The van der Waals surface area contributed by atoms with Gasteiger partial charge in [-0.15, -0.1) is 0 Å². The van der Waals surface area contributed by atoms with Crippen LogP contribution in [0.15, 0.2) is 53.5 Å². The molecule has 1 saturated heterocycles. The van der Waals surface area contributed by atoms with Gasteiger partial charge in [0.25, 0.3) is 0 Å². The van der Waals surface area contributed by atoms with Crippen molar-refractivity contribution in [3.05, 3.63) is 64.9 Å². The van der Waals surface area contributed by atoms with Crippen LogP contribution in [0.1, 0.15) is 42.9 Å². The van der Waals surface area contributed by atoms with Gasteiger partial charge in [-0.3, -0.25) is 14.4 Å². The molecule has 2 fully saturated rings. The van der Waals surface area contributed by atoms with E-state index in [4.69, 9.17) is 4.74 Å². The van der Waals surface area contributed by atoms with Crippen LogP contribution in [0.25, 0.3) is 22.0 Å². The maximum Gasteiger partial charge on any atom is 0.248 e. The van der Waals surface area contributed by atoms with Crippen LogP contribution in [0.4, 0.5) is 5.82 Å². The van der Waals surface area contributed by atoms with Crippen LogP contribution >= 0.6 is 15.9 Å². The van der Waals surface area contributed by atoms with Crippen molar-refractivity contribution in [2.45, 2.75) is 52.2 Å². The third-order valence-electron chi connectivity index (χ3n) is 8.16. The molecule has 41 heavy (non-hydrogen) atoms. The number of piperidine rings is 1. The first-order chi connectivity index (χ1) is 19.6. The van der Waals surface area contributed by atoms with Gasteiger partial charge in [-0.1, -0.05) is 13.0 Å². The average molecular weight is 618 g/mol. The van der Waals surface area contributed by atoms with E-state index in [1.165, 1.54) is 6.92 Å². The van der Waals surface area contributed by atoms with Crippen LogP contribution in [-0.4, -0.2) is 61.2 Å². The molecule has 10 nitrogen and oxygen atoms in total. The summed E-state index contributed by atoms with van der Waals surface area (Å²) in [6.07, 6.45) is 6.67. The summed E-state index contributed by atoms with van der Waals surface area (Å²) in [7, 11) is 1.54. The lowest BCUT2D eigenvalue weighted by Crippen LogP contribution is -2.46. The first kappa shape index (κ1) is 27.1. The first-order valence-electron chi connectivity index (χ1n) is 13.3. The number of nitrogens with zero attached hydrogens (tertiary/aromatic N) is 5. The van der Waals surface area contributed by atoms with Crippen molar-refractivity contribution in [1.29, 1.82) is 0 Å². The van der Waals surface area contributed by atoms with Crippen LogP contribution in [0.3, 0.4) is 0 Å². The number of nitrogens with one attached hydrogen (secondary N) is 1. The van der Waals surface area contributed by atoms with Gasteiger partial charge in [-0.2, -0.15) is 0 Å². The molecule has 2 amide bonds. The summed E-state index contributed by atoms with van der Waals surface area (Å²) in [6.45, 7) is 5.46. The minimum absolute atomic E-state index is 0.00185. The van der Waals surface area contributed by atoms with Crippen LogP contribution in [0.2, 0.25) is 0 Å². The zero-order chi connectivity index (χ0) is 29.1. The van der Waals surface area contributed by atoms with Gasteiger partial charge in [-0.05, 0) is 65.7 Å². The molecule has 3 atom stereocenters. The van der Waals surface area contributed by atoms with Crippen LogP contribution in [-0.2, 0) is 16.1 Å². The summed E-state index contributed by atoms with van der Waals surface area (Å²) in [4.78, 5) is 54.5. The molecule has 0 bridgehead atoms. The number of aromatic nitrogens is 4. The maximum atomic E-state index is 13.8. The Morgan fingerprint density at radius 1 is 1.12 bits per heavy atom. The Morgan fingerprint density at radius 3 is 2.59 bits per heavy atom. The fraction of sp³-hybridized carbons (Fsp3) is 0.333. The number of ether oxygens (including phenoxy) is 1. The third-order valence-corrected chi connectivity index (χ3v) is 8.57. The van der Waals surface area contributed by atoms with E-state index in [1.807, 2.05) is 25.1 Å².